The molecule has 1 fully saturated rings. The fraction of sp³-hybridized carbons (Fsp3) is 0.259. The number of likely N-dealkylation sites (tertiary alicyclic amines) is 1. The van der Waals surface area contributed by atoms with E-state index in [1.165, 1.54) is 11.8 Å². The summed E-state index contributed by atoms with van der Waals surface area (Å²) in [5, 5.41) is 3.73. The van der Waals surface area contributed by atoms with Crippen molar-refractivity contribution in [1.82, 2.24) is 14.9 Å². The Labute approximate surface area is 204 Å². The lowest BCUT2D eigenvalue weighted by Crippen LogP contribution is -2.40. The number of carbonyl (C=O) groups excluding carboxylic acids is 2. The Balaban J connectivity index is 1.26. The number of amides is 2. The molecule has 3 aromatic rings. The van der Waals surface area contributed by atoms with Crippen molar-refractivity contribution in [1.29, 1.82) is 0 Å². The van der Waals surface area contributed by atoms with Crippen LogP contribution in [-0.4, -0.2) is 39.8 Å². The average molecular weight is 473 g/mol. The zero-order valence-electron chi connectivity index (χ0n) is 19.4. The van der Waals surface area contributed by atoms with Crippen LogP contribution in [0.5, 0.6) is 0 Å². The molecule has 1 saturated heterocycles. The lowest BCUT2D eigenvalue weighted by molar-refractivity contribution is -0.130. The molecular formula is C27H28N4O2S. The van der Waals surface area contributed by atoms with Crippen LogP contribution >= 0.6 is 11.8 Å². The van der Waals surface area contributed by atoms with E-state index in [4.69, 9.17) is 0 Å². The molecule has 0 unspecified atom stereocenters. The Bertz CT molecular complexity index is 1150. The van der Waals surface area contributed by atoms with Gasteiger partial charge in [-0.2, -0.15) is 0 Å². The molecule has 2 heterocycles. The van der Waals surface area contributed by atoms with Crippen LogP contribution in [0.15, 0.2) is 76.8 Å². The predicted molar refractivity (Wildman–Crippen MR) is 135 cm³/mol. The molecule has 2 aromatic carbocycles. The molecule has 0 radical (unpaired) electrons. The fourth-order valence-electron chi connectivity index (χ4n) is 3.89. The SMILES string of the molecule is Cc1cc(C)nc(Sc2ccc(NC(=O)C3CCN(C(=O)C=Cc4ccccc4)CC3)cc2)n1. The lowest BCUT2D eigenvalue weighted by Gasteiger charge is -2.30. The Morgan fingerprint density at radius 3 is 2.26 bits per heavy atom. The van der Waals surface area contributed by atoms with E-state index in [-0.39, 0.29) is 17.7 Å². The summed E-state index contributed by atoms with van der Waals surface area (Å²) >= 11 is 1.50. The first-order valence-electron chi connectivity index (χ1n) is 11.4. The van der Waals surface area contributed by atoms with Gasteiger partial charge in [0.2, 0.25) is 11.8 Å². The molecule has 6 nitrogen and oxygen atoms in total. The summed E-state index contributed by atoms with van der Waals surface area (Å²) in [6, 6.07) is 19.4. The van der Waals surface area contributed by atoms with E-state index in [2.05, 4.69) is 15.3 Å². The van der Waals surface area contributed by atoms with Crippen molar-refractivity contribution in [3.8, 4) is 0 Å². The average Bonchev–Trinajstić information content (AvgIpc) is 2.84. The molecule has 4 rings (SSSR count). The van der Waals surface area contributed by atoms with Crippen molar-refractivity contribution in [2.75, 3.05) is 18.4 Å². The standard InChI is InChI=1S/C27H28N4O2S/c1-19-18-20(2)29-27(28-19)34-24-11-9-23(10-12-24)30-26(33)22-14-16-31(17-15-22)25(32)13-8-21-6-4-3-5-7-21/h3-13,18,22H,14-17H2,1-2H3,(H,30,33). The van der Waals surface area contributed by atoms with Crippen LogP contribution in [0.1, 0.15) is 29.8 Å². The van der Waals surface area contributed by atoms with Crippen molar-refractivity contribution >= 4 is 35.3 Å². The van der Waals surface area contributed by atoms with Crippen LogP contribution in [0.25, 0.3) is 6.08 Å². The molecule has 174 valence electrons. The summed E-state index contributed by atoms with van der Waals surface area (Å²) in [6.45, 7) is 5.08. The first kappa shape index (κ1) is 23.7. The molecule has 1 aromatic heterocycles. The number of nitrogens with one attached hydrogen (secondary N) is 1. The van der Waals surface area contributed by atoms with E-state index >= 15 is 0 Å². The molecule has 0 atom stereocenters. The third-order valence-electron chi connectivity index (χ3n) is 5.69. The highest BCUT2D eigenvalue weighted by Crippen LogP contribution is 2.27. The minimum Gasteiger partial charge on any atom is -0.339 e. The van der Waals surface area contributed by atoms with Gasteiger partial charge in [-0.25, -0.2) is 9.97 Å². The highest BCUT2D eigenvalue weighted by Gasteiger charge is 2.26. The van der Waals surface area contributed by atoms with Crippen molar-refractivity contribution in [2.45, 2.75) is 36.7 Å². The van der Waals surface area contributed by atoms with Gasteiger partial charge in [-0.15, -0.1) is 0 Å². The minimum absolute atomic E-state index is 0.00460. The molecule has 1 aliphatic heterocycles. The van der Waals surface area contributed by atoms with Crippen molar-refractivity contribution in [2.24, 2.45) is 5.92 Å². The highest BCUT2D eigenvalue weighted by atomic mass is 32.2. The molecule has 2 amide bonds. The van der Waals surface area contributed by atoms with E-state index < -0.39 is 0 Å². The number of rotatable bonds is 6. The van der Waals surface area contributed by atoms with Gasteiger partial charge in [0, 0.05) is 47.1 Å². The van der Waals surface area contributed by atoms with Crippen LogP contribution in [0.3, 0.4) is 0 Å². The number of aryl methyl sites for hydroxylation is 2. The van der Waals surface area contributed by atoms with E-state index in [1.807, 2.05) is 85.5 Å². The maximum Gasteiger partial charge on any atom is 0.246 e. The van der Waals surface area contributed by atoms with Gasteiger partial charge in [-0.3, -0.25) is 9.59 Å². The summed E-state index contributed by atoms with van der Waals surface area (Å²) in [5.41, 5.74) is 3.65. The van der Waals surface area contributed by atoms with Crippen molar-refractivity contribution in [3.63, 3.8) is 0 Å². The topological polar surface area (TPSA) is 75.2 Å². The van der Waals surface area contributed by atoms with Crippen LogP contribution in [0.2, 0.25) is 0 Å². The van der Waals surface area contributed by atoms with Gasteiger partial charge in [-0.1, -0.05) is 30.3 Å². The normalized spacial score (nSPS) is 14.4. The molecule has 0 spiro atoms. The number of benzene rings is 2. The van der Waals surface area contributed by atoms with Crippen LogP contribution in [0, 0.1) is 19.8 Å². The minimum atomic E-state index is -0.0973. The zero-order valence-corrected chi connectivity index (χ0v) is 20.2. The number of hydrogen-bond donors (Lipinski definition) is 1. The zero-order chi connectivity index (χ0) is 23.9. The number of aromatic nitrogens is 2. The van der Waals surface area contributed by atoms with Gasteiger partial charge in [0.05, 0.1) is 0 Å². The number of carbonyl (C=O) groups is 2. The molecule has 1 N–H and O–H groups in total. The van der Waals surface area contributed by atoms with Gasteiger partial charge >= 0.3 is 0 Å². The highest BCUT2D eigenvalue weighted by molar-refractivity contribution is 7.99. The number of anilines is 1. The first-order chi connectivity index (χ1) is 16.5. The van der Waals surface area contributed by atoms with Crippen LogP contribution in [-0.2, 0) is 9.59 Å². The number of nitrogens with zero attached hydrogens (tertiary/aromatic N) is 3. The molecule has 1 aliphatic rings. The third-order valence-corrected chi connectivity index (χ3v) is 6.56. The Morgan fingerprint density at radius 2 is 1.62 bits per heavy atom. The second-order valence-electron chi connectivity index (χ2n) is 8.39. The van der Waals surface area contributed by atoms with Gasteiger partial charge in [0.25, 0.3) is 0 Å². The maximum atomic E-state index is 12.8. The molecule has 0 aliphatic carbocycles. The Morgan fingerprint density at radius 1 is 0.971 bits per heavy atom. The van der Waals surface area contributed by atoms with Crippen molar-refractivity contribution < 1.29 is 9.59 Å². The lowest BCUT2D eigenvalue weighted by atomic mass is 9.95. The molecule has 0 saturated carbocycles. The number of hydrogen-bond acceptors (Lipinski definition) is 5. The van der Waals surface area contributed by atoms with Gasteiger partial charge in [0.1, 0.15) is 0 Å². The predicted octanol–water partition coefficient (Wildman–Crippen LogP) is 5.14. The summed E-state index contributed by atoms with van der Waals surface area (Å²) in [7, 11) is 0. The van der Waals surface area contributed by atoms with Gasteiger partial charge < -0.3 is 10.2 Å². The second-order valence-corrected chi connectivity index (χ2v) is 9.43. The Kier molecular flexibility index (Phi) is 7.75. The fourth-order valence-corrected chi connectivity index (χ4v) is 4.76. The smallest absolute Gasteiger partial charge is 0.246 e. The number of piperidine rings is 1. The summed E-state index contributed by atoms with van der Waals surface area (Å²) in [6.07, 6.45) is 4.76. The van der Waals surface area contributed by atoms with Gasteiger partial charge in [0.15, 0.2) is 5.16 Å². The van der Waals surface area contributed by atoms with Crippen LogP contribution in [0.4, 0.5) is 5.69 Å². The quantitative estimate of drug-likeness (QED) is 0.397. The van der Waals surface area contributed by atoms with E-state index in [1.54, 1.807) is 6.08 Å². The monoisotopic (exact) mass is 472 g/mol. The molecule has 0 bridgehead atoms. The summed E-state index contributed by atoms with van der Waals surface area (Å²) in [4.78, 5) is 37.0. The molecule has 7 heteroatoms. The largest absolute Gasteiger partial charge is 0.339 e. The molecule has 34 heavy (non-hydrogen) atoms. The molecular weight excluding hydrogens is 444 g/mol. The maximum absolute atomic E-state index is 12.8. The summed E-state index contributed by atoms with van der Waals surface area (Å²) in [5.74, 6) is -0.103. The van der Waals surface area contributed by atoms with E-state index in [0.717, 1.165) is 27.5 Å². The van der Waals surface area contributed by atoms with E-state index in [9.17, 15) is 9.59 Å². The van der Waals surface area contributed by atoms with Crippen LogP contribution < -0.4 is 5.32 Å². The van der Waals surface area contributed by atoms with E-state index in [0.29, 0.717) is 31.1 Å². The second kappa shape index (κ2) is 11.1. The van der Waals surface area contributed by atoms with Crippen molar-refractivity contribution in [3.05, 3.63) is 83.7 Å². The first-order valence-corrected chi connectivity index (χ1v) is 12.2. The Hall–Kier alpha value is -3.45. The van der Waals surface area contributed by atoms with Gasteiger partial charge in [-0.05, 0) is 80.4 Å². The summed E-state index contributed by atoms with van der Waals surface area (Å²) < 4.78 is 0. The third kappa shape index (κ3) is 6.54.